The van der Waals surface area contributed by atoms with Gasteiger partial charge >= 0.3 is 0 Å². The van der Waals surface area contributed by atoms with Crippen molar-refractivity contribution in [3.63, 3.8) is 0 Å². The van der Waals surface area contributed by atoms with Crippen LogP contribution in [0.3, 0.4) is 0 Å². The van der Waals surface area contributed by atoms with E-state index in [1.165, 1.54) is 0 Å². The second-order valence-corrected chi connectivity index (χ2v) is 8.69. The van der Waals surface area contributed by atoms with Crippen LogP contribution >= 0.6 is 15.9 Å². The van der Waals surface area contributed by atoms with Gasteiger partial charge in [0, 0.05) is 16.8 Å². The first-order valence-electron chi connectivity index (χ1n) is 7.16. The minimum Gasteiger partial charge on any atom is -0.493 e. The minimum absolute atomic E-state index is 0.0560. The molecule has 0 aliphatic rings. The van der Waals surface area contributed by atoms with Crippen molar-refractivity contribution in [2.24, 2.45) is 5.92 Å². The molecule has 1 N–H and O–H groups in total. The molecule has 0 heterocycles. The van der Waals surface area contributed by atoms with Crippen LogP contribution in [0.4, 0.5) is 0 Å². The molecule has 0 saturated carbocycles. The van der Waals surface area contributed by atoms with E-state index in [-0.39, 0.29) is 18.1 Å². The number of benzene rings is 1. The molecule has 0 bridgehead atoms. The summed E-state index contributed by atoms with van der Waals surface area (Å²) in [5.74, 6) is 1.51. The quantitative estimate of drug-likeness (QED) is 0.718. The fourth-order valence-electron chi connectivity index (χ4n) is 1.70. The average Bonchev–Trinajstić information content (AvgIpc) is 2.41. The van der Waals surface area contributed by atoms with Crippen LogP contribution in [0.25, 0.3) is 0 Å². The first-order valence-corrected chi connectivity index (χ1v) is 9.78. The van der Waals surface area contributed by atoms with Crippen molar-refractivity contribution in [1.82, 2.24) is 5.32 Å². The molecule has 0 amide bonds. The molecule has 0 radical (unpaired) electrons. The van der Waals surface area contributed by atoms with Crippen molar-refractivity contribution in [2.45, 2.75) is 27.3 Å². The fourth-order valence-corrected chi connectivity index (χ4v) is 2.72. The van der Waals surface area contributed by atoms with E-state index in [1.54, 1.807) is 6.92 Å². The van der Waals surface area contributed by atoms with Crippen molar-refractivity contribution in [1.29, 1.82) is 0 Å². The number of nitrogens with one attached hydrogen (secondary N) is 1. The summed E-state index contributed by atoms with van der Waals surface area (Å²) in [6.45, 7) is 7.87. The maximum absolute atomic E-state index is 11.4. The number of sulfone groups is 1. The number of hydrogen-bond acceptors (Lipinski definition) is 4. The van der Waals surface area contributed by atoms with E-state index in [4.69, 9.17) is 4.74 Å². The molecule has 0 aliphatic heterocycles. The number of ether oxygens (including phenoxy) is 1. The number of hydrogen-bond donors (Lipinski definition) is 1. The predicted molar refractivity (Wildman–Crippen MR) is 90.5 cm³/mol. The Hall–Kier alpha value is -0.590. The van der Waals surface area contributed by atoms with Crippen LogP contribution in [0.1, 0.15) is 26.3 Å². The SMILES string of the molecule is CCS(=O)(=O)CCOc1ccc(Br)c(CNCC(C)C)c1. The van der Waals surface area contributed by atoms with Gasteiger partial charge in [0.05, 0.1) is 5.75 Å². The van der Waals surface area contributed by atoms with Crippen LogP contribution in [-0.4, -0.2) is 33.1 Å². The lowest BCUT2D eigenvalue weighted by atomic mass is 10.2. The summed E-state index contributed by atoms with van der Waals surface area (Å²) >= 11 is 3.52. The van der Waals surface area contributed by atoms with Crippen LogP contribution in [0.5, 0.6) is 5.75 Å². The summed E-state index contributed by atoms with van der Waals surface area (Å²) in [4.78, 5) is 0. The van der Waals surface area contributed by atoms with E-state index >= 15 is 0 Å². The zero-order chi connectivity index (χ0) is 15.9. The highest BCUT2D eigenvalue weighted by atomic mass is 79.9. The van der Waals surface area contributed by atoms with Gasteiger partial charge in [0.25, 0.3) is 0 Å². The summed E-state index contributed by atoms with van der Waals surface area (Å²) in [6, 6.07) is 5.71. The first-order chi connectivity index (χ1) is 9.84. The van der Waals surface area contributed by atoms with Gasteiger partial charge in [-0.3, -0.25) is 0 Å². The molecule has 1 aromatic carbocycles. The lowest BCUT2D eigenvalue weighted by Crippen LogP contribution is -2.19. The Kier molecular flexibility index (Phi) is 7.70. The molecular weight excluding hydrogens is 354 g/mol. The van der Waals surface area contributed by atoms with E-state index in [9.17, 15) is 8.42 Å². The Morgan fingerprint density at radius 1 is 1.33 bits per heavy atom. The van der Waals surface area contributed by atoms with E-state index < -0.39 is 9.84 Å². The third-order valence-corrected chi connectivity index (χ3v) is 5.43. The van der Waals surface area contributed by atoms with Gasteiger partial charge in [-0.1, -0.05) is 36.7 Å². The van der Waals surface area contributed by atoms with Crippen LogP contribution in [0, 0.1) is 5.92 Å². The van der Waals surface area contributed by atoms with Gasteiger partial charge in [-0.05, 0) is 36.2 Å². The summed E-state index contributed by atoms with van der Waals surface area (Å²) in [5.41, 5.74) is 1.10. The van der Waals surface area contributed by atoms with E-state index in [0.717, 1.165) is 23.1 Å². The van der Waals surface area contributed by atoms with Crippen LogP contribution in [0.15, 0.2) is 22.7 Å². The molecule has 6 heteroatoms. The third kappa shape index (κ3) is 7.29. The molecule has 21 heavy (non-hydrogen) atoms. The molecule has 0 aromatic heterocycles. The van der Waals surface area contributed by atoms with Gasteiger partial charge in [0.2, 0.25) is 0 Å². The normalized spacial score (nSPS) is 11.9. The van der Waals surface area contributed by atoms with Gasteiger partial charge in [-0.2, -0.15) is 0 Å². The van der Waals surface area contributed by atoms with E-state index in [2.05, 4.69) is 35.1 Å². The standard InChI is InChI=1S/C15H24BrNO3S/c1-4-21(18,19)8-7-20-14-5-6-15(16)13(9-14)11-17-10-12(2)3/h5-6,9,12,17H,4,7-8,10-11H2,1-3H3. The van der Waals surface area contributed by atoms with Crippen molar-refractivity contribution in [3.05, 3.63) is 28.2 Å². The Morgan fingerprint density at radius 3 is 2.67 bits per heavy atom. The highest BCUT2D eigenvalue weighted by Crippen LogP contribution is 2.22. The Morgan fingerprint density at radius 2 is 2.05 bits per heavy atom. The van der Waals surface area contributed by atoms with Gasteiger partial charge in [0.15, 0.2) is 9.84 Å². The highest BCUT2D eigenvalue weighted by Gasteiger charge is 2.08. The van der Waals surface area contributed by atoms with Crippen molar-refractivity contribution < 1.29 is 13.2 Å². The lowest BCUT2D eigenvalue weighted by Gasteiger charge is -2.12. The Labute approximate surface area is 136 Å². The summed E-state index contributed by atoms with van der Waals surface area (Å²) in [5, 5.41) is 3.38. The molecule has 4 nitrogen and oxygen atoms in total. The first kappa shape index (κ1) is 18.5. The zero-order valence-corrected chi connectivity index (χ0v) is 15.3. The maximum atomic E-state index is 11.4. The molecule has 0 spiro atoms. The Balaban J connectivity index is 2.56. The monoisotopic (exact) mass is 377 g/mol. The molecule has 0 fully saturated rings. The van der Waals surface area contributed by atoms with Crippen molar-refractivity contribution in [2.75, 3.05) is 24.7 Å². The van der Waals surface area contributed by atoms with Crippen LogP contribution in [-0.2, 0) is 16.4 Å². The van der Waals surface area contributed by atoms with Crippen LogP contribution < -0.4 is 10.1 Å². The molecule has 120 valence electrons. The van der Waals surface area contributed by atoms with Crippen LogP contribution in [0.2, 0.25) is 0 Å². The number of halogens is 1. The molecular formula is C15H24BrNO3S. The van der Waals surface area contributed by atoms with E-state index in [0.29, 0.717) is 11.7 Å². The number of rotatable bonds is 9. The largest absolute Gasteiger partial charge is 0.493 e. The topological polar surface area (TPSA) is 55.4 Å². The summed E-state index contributed by atoms with van der Waals surface area (Å²) in [7, 11) is -2.98. The Bertz CT molecular complexity index is 544. The summed E-state index contributed by atoms with van der Waals surface area (Å²) in [6.07, 6.45) is 0. The van der Waals surface area contributed by atoms with E-state index in [1.807, 2.05) is 18.2 Å². The zero-order valence-electron chi connectivity index (χ0n) is 12.9. The molecule has 1 rings (SSSR count). The molecule has 0 aliphatic carbocycles. The smallest absolute Gasteiger partial charge is 0.153 e. The van der Waals surface area contributed by atoms with Gasteiger partial charge in [-0.15, -0.1) is 0 Å². The molecule has 0 unspecified atom stereocenters. The van der Waals surface area contributed by atoms with Gasteiger partial charge < -0.3 is 10.1 Å². The van der Waals surface area contributed by atoms with Crippen molar-refractivity contribution >= 4 is 25.8 Å². The molecule has 0 atom stereocenters. The van der Waals surface area contributed by atoms with Crippen molar-refractivity contribution in [3.8, 4) is 5.75 Å². The fraction of sp³-hybridized carbons (Fsp3) is 0.600. The predicted octanol–water partition coefficient (Wildman–Crippen LogP) is 3.01. The second kappa shape index (κ2) is 8.76. The molecule has 0 saturated heterocycles. The van der Waals surface area contributed by atoms with Gasteiger partial charge in [-0.25, -0.2) is 8.42 Å². The maximum Gasteiger partial charge on any atom is 0.153 e. The average molecular weight is 378 g/mol. The summed E-state index contributed by atoms with van der Waals surface area (Å²) < 4.78 is 29.4. The van der Waals surface area contributed by atoms with Gasteiger partial charge in [0.1, 0.15) is 12.4 Å². The highest BCUT2D eigenvalue weighted by molar-refractivity contribution is 9.10. The second-order valence-electron chi connectivity index (χ2n) is 5.36. The molecule has 1 aromatic rings. The minimum atomic E-state index is -2.98. The third-order valence-electron chi connectivity index (χ3n) is 2.99. The lowest BCUT2D eigenvalue weighted by molar-refractivity contribution is 0.340.